The average molecular weight is 317 g/mol. The number of nitrogens with one attached hydrogen (secondary N) is 2. The normalized spacial score (nSPS) is 13.8. The van der Waals surface area contributed by atoms with Crippen LogP contribution in [0.3, 0.4) is 0 Å². The zero-order valence-electron chi connectivity index (χ0n) is 13.8. The lowest BCUT2D eigenvalue weighted by molar-refractivity contribution is -0.123. The third kappa shape index (κ3) is 3.64. The van der Waals surface area contributed by atoms with Crippen LogP contribution in [0.4, 0.5) is 4.79 Å². The van der Waals surface area contributed by atoms with Crippen molar-refractivity contribution in [3.05, 3.63) is 35.6 Å². The quantitative estimate of drug-likeness (QED) is 0.790. The first-order valence-electron chi connectivity index (χ1n) is 7.65. The van der Waals surface area contributed by atoms with E-state index in [0.717, 1.165) is 22.3 Å². The fourth-order valence-corrected chi connectivity index (χ4v) is 2.58. The first kappa shape index (κ1) is 16.9. The Labute approximate surface area is 135 Å². The number of furan rings is 1. The predicted molar refractivity (Wildman–Crippen MR) is 88.9 cm³/mol. The van der Waals surface area contributed by atoms with E-state index in [1.54, 1.807) is 6.92 Å². The lowest BCUT2D eigenvalue weighted by Crippen LogP contribution is -2.48. The molecule has 0 saturated heterocycles. The predicted octanol–water partition coefficient (Wildman–Crippen LogP) is 2.61. The van der Waals surface area contributed by atoms with Gasteiger partial charge in [0.1, 0.15) is 17.4 Å². The van der Waals surface area contributed by atoms with E-state index in [1.165, 1.54) is 0 Å². The molecule has 0 fully saturated rings. The van der Waals surface area contributed by atoms with Crippen LogP contribution in [0.15, 0.2) is 28.7 Å². The smallest absolute Gasteiger partial charge is 0.312 e. The fraction of sp³-hybridized carbons (Fsp3) is 0.412. The van der Waals surface area contributed by atoms with Crippen molar-refractivity contribution in [2.75, 3.05) is 0 Å². The number of urea groups is 1. The van der Waals surface area contributed by atoms with E-state index >= 15 is 0 Å². The van der Waals surface area contributed by atoms with Gasteiger partial charge < -0.3 is 20.8 Å². The summed E-state index contributed by atoms with van der Waals surface area (Å²) in [5.41, 5.74) is 6.86. The van der Waals surface area contributed by atoms with Crippen molar-refractivity contribution in [3.8, 4) is 0 Å². The van der Waals surface area contributed by atoms with Gasteiger partial charge in [0, 0.05) is 10.9 Å². The summed E-state index contributed by atoms with van der Waals surface area (Å²) in [6.07, 6.45) is 0. The molecule has 0 unspecified atom stereocenters. The molecule has 1 aromatic carbocycles. The molecule has 0 aliphatic carbocycles. The largest absolute Gasteiger partial charge is 0.459 e. The number of para-hydroxylation sites is 1. The summed E-state index contributed by atoms with van der Waals surface area (Å²) in [7, 11) is 0. The number of fused-ring (bicyclic) bond motifs is 1. The molecule has 124 valence electrons. The molecule has 0 radical (unpaired) electrons. The summed E-state index contributed by atoms with van der Waals surface area (Å²) >= 11 is 0. The van der Waals surface area contributed by atoms with Gasteiger partial charge in [-0.3, -0.25) is 4.79 Å². The van der Waals surface area contributed by atoms with Gasteiger partial charge in [-0.25, -0.2) is 4.79 Å². The third-order valence-corrected chi connectivity index (χ3v) is 3.88. The van der Waals surface area contributed by atoms with Crippen molar-refractivity contribution in [1.82, 2.24) is 10.6 Å². The van der Waals surface area contributed by atoms with Gasteiger partial charge in [-0.1, -0.05) is 32.0 Å². The maximum Gasteiger partial charge on any atom is 0.312 e. The Hall–Kier alpha value is -2.50. The molecular formula is C17H23N3O3. The van der Waals surface area contributed by atoms with Gasteiger partial charge in [0.25, 0.3) is 0 Å². The van der Waals surface area contributed by atoms with E-state index in [4.69, 9.17) is 10.2 Å². The fourth-order valence-electron chi connectivity index (χ4n) is 2.58. The Morgan fingerprint density at radius 1 is 1.13 bits per heavy atom. The Morgan fingerprint density at radius 3 is 2.35 bits per heavy atom. The SMILES string of the molecule is Cc1c([C@H](NC(=O)[C@H](C)NC(N)=O)C(C)C)oc2ccccc12. The number of carbonyl (C=O) groups excluding carboxylic acids is 2. The molecular weight excluding hydrogens is 294 g/mol. The lowest BCUT2D eigenvalue weighted by atomic mass is 9.98. The highest BCUT2D eigenvalue weighted by Crippen LogP contribution is 2.32. The zero-order chi connectivity index (χ0) is 17.1. The second kappa shape index (κ2) is 6.73. The van der Waals surface area contributed by atoms with Crippen molar-refractivity contribution in [3.63, 3.8) is 0 Å². The second-order valence-corrected chi connectivity index (χ2v) is 6.05. The van der Waals surface area contributed by atoms with Crippen LogP contribution in [-0.4, -0.2) is 18.0 Å². The summed E-state index contributed by atoms with van der Waals surface area (Å²) in [5, 5.41) is 6.35. The Bertz CT molecular complexity index is 721. The maximum atomic E-state index is 12.3. The minimum absolute atomic E-state index is 0.124. The van der Waals surface area contributed by atoms with Gasteiger partial charge in [-0.2, -0.15) is 0 Å². The molecule has 4 N–H and O–H groups in total. The number of amides is 3. The van der Waals surface area contributed by atoms with Crippen molar-refractivity contribution in [2.45, 2.75) is 39.8 Å². The summed E-state index contributed by atoms with van der Waals surface area (Å²) in [4.78, 5) is 23.2. The van der Waals surface area contributed by atoms with Gasteiger partial charge >= 0.3 is 6.03 Å². The van der Waals surface area contributed by atoms with Gasteiger partial charge in [-0.15, -0.1) is 0 Å². The van der Waals surface area contributed by atoms with E-state index < -0.39 is 12.1 Å². The molecule has 0 saturated carbocycles. The first-order valence-corrected chi connectivity index (χ1v) is 7.65. The van der Waals surface area contributed by atoms with E-state index in [1.807, 2.05) is 45.0 Å². The Morgan fingerprint density at radius 2 is 1.78 bits per heavy atom. The highest BCUT2D eigenvalue weighted by Gasteiger charge is 2.27. The summed E-state index contributed by atoms with van der Waals surface area (Å²) in [5.74, 6) is 0.558. The number of benzene rings is 1. The summed E-state index contributed by atoms with van der Waals surface area (Å²) in [6, 6.07) is 6.04. The number of hydrogen-bond acceptors (Lipinski definition) is 3. The highest BCUT2D eigenvalue weighted by molar-refractivity contribution is 5.87. The minimum atomic E-state index is -0.728. The van der Waals surface area contributed by atoms with Gasteiger partial charge in [0.15, 0.2) is 0 Å². The van der Waals surface area contributed by atoms with E-state index in [-0.39, 0.29) is 17.9 Å². The van der Waals surface area contributed by atoms with Crippen molar-refractivity contribution in [1.29, 1.82) is 0 Å². The van der Waals surface area contributed by atoms with E-state index in [2.05, 4.69) is 10.6 Å². The van der Waals surface area contributed by atoms with Crippen LogP contribution < -0.4 is 16.4 Å². The number of nitrogens with two attached hydrogens (primary N) is 1. The van der Waals surface area contributed by atoms with Crippen molar-refractivity contribution < 1.29 is 14.0 Å². The van der Waals surface area contributed by atoms with Crippen LogP contribution in [-0.2, 0) is 4.79 Å². The molecule has 6 heteroatoms. The zero-order valence-corrected chi connectivity index (χ0v) is 13.8. The van der Waals surface area contributed by atoms with Crippen LogP contribution in [0.2, 0.25) is 0 Å². The molecule has 3 amide bonds. The first-order chi connectivity index (χ1) is 10.8. The van der Waals surface area contributed by atoms with Crippen LogP contribution >= 0.6 is 0 Å². The van der Waals surface area contributed by atoms with E-state index in [0.29, 0.717) is 0 Å². The second-order valence-electron chi connectivity index (χ2n) is 6.05. The molecule has 2 atom stereocenters. The number of hydrogen-bond donors (Lipinski definition) is 3. The van der Waals surface area contributed by atoms with E-state index in [9.17, 15) is 9.59 Å². The number of primary amides is 1. The minimum Gasteiger partial charge on any atom is -0.459 e. The van der Waals surface area contributed by atoms with Crippen LogP contribution in [0.1, 0.15) is 38.1 Å². The lowest BCUT2D eigenvalue weighted by Gasteiger charge is -2.23. The van der Waals surface area contributed by atoms with Crippen molar-refractivity contribution in [2.24, 2.45) is 11.7 Å². The van der Waals surface area contributed by atoms with Crippen molar-refractivity contribution >= 4 is 22.9 Å². The van der Waals surface area contributed by atoms with Gasteiger partial charge in [-0.05, 0) is 25.8 Å². The third-order valence-electron chi connectivity index (χ3n) is 3.88. The van der Waals surface area contributed by atoms with Gasteiger partial charge in [0.05, 0.1) is 6.04 Å². The average Bonchev–Trinajstić information content (AvgIpc) is 2.81. The maximum absolute atomic E-state index is 12.3. The number of rotatable bonds is 5. The van der Waals surface area contributed by atoms with Crippen LogP contribution in [0.5, 0.6) is 0 Å². The topological polar surface area (TPSA) is 97.4 Å². The molecule has 1 aromatic heterocycles. The molecule has 6 nitrogen and oxygen atoms in total. The molecule has 0 bridgehead atoms. The molecule has 0 aliphatic heterocycles. The number of aryl methyl sites for hydroxylation is 1. The molecule has 0 spiro atoms. The van der Waals surface area contributed by atoms with Gasteiger partial charge in [0.2, 0.25) is 5.91 Å². The van der Waals surface area contributed by atoms with Crippen LogP contribution in [0.25, 0.3) is 11.0 Å². The monoisotopic (exact) mass is 317 g/mol. The Kier molecular flexibility index (Phi) is 4.93. The molecule has 1 heterocycles. The molecule has 23 heavy (non-hydrogen) atoms. The molecule has 2 rings (SSSR count). The molecule has 2 aromatic rings. The highest BCUT2D eigenvalue weighted by atomic mass is 16.3. The summed E-state index contributed by atoms with van der Waals surface area (Å²) < 4.78 is 5.96. The Balaban J connectivity index is 2.29. The summed E-state index contributed by atoms with van der Waals surface area (Å²) in [6.45, 7) is 7.57. The molecule has 0 aliphatic rings. The standard InChI is InChI=1S/C17H23N3O3/c1-9(2)14(20-16(21)11(4)19-17(18)22)15-10(3)12-7-5-6-8-13(12)23-15/h5-9,11,14H,1-4H3,(H,20,21)(H3,18,19,22)/t11-,14+/m0/s1. The van der Waals surface area contributed by atoms with Crippen LogP contribution in [0, 0.1) is 12.8 Å². The number of carbonyl (C=O) groups is 2.